The molecule has 2 unspecified atom stereocenters. The van der Waals surface area contributed by atoms with Crippen LogP contribution in [0.3, 0.4) is 0 Å². The van der Waals surface area contributed by atoms with Crippen LogP contribution in [0.15, 0.2) is 0 Å². The fourth-order valence-corrected chi connectivity index (χ4v) is 3.10. The molecule has 2 rings (SSSR count). The molecule has 0 radical (unpaired) electrons. The molecule has 2 atom stereocenters. The highest BCUT2D eigenvalue weighted by molar-refractivity contribution is 6.30. The van der Waals surface area contributed by atoms with Crippen LogP contribution in [0.2, 0.25) is 5.15 Å². The summed E-state index contributed by atoms with van der Waals surface area (Å²) in [6, 6.07) is 0.271. The summed E-state index contributed by atoms with van der Waals surface area (Å²) in [6.45, 7) is 7.95. The average molecular weight is 315 g/mol. The molecule has 6 heteroatoms. The molecule has 120 valence electrons. The third kappa shape index (κ3) is 4.19. The van der Waals surface area contributed by atoms with Gasteiger partial charge in [-0.05, 0) is 33.4 Å². The third-order valence-corrected chi connectivity index (χ3v) is 4.57. The van der Waals surface area contributed by atoms with Gasteiger partial charge in [0.15, 0.2) is 0 Å². The summed E-state index contributed by atoms with van der Waals surface area (Å²) in [7, 11) is 4.03. The molecule has 2 heterocycles. The number of ether oxygens (including phenoxy) is 1. The average Bonchev–Trinajstić information content (AvgIpc) is 2.69. The van der Waals surface area contributed by atoms with E-state index in [1.54, 1.807) is 4.68 Å². The second-order valence-corrected chi connectivity index (χ2v) is 6.27. The normalized spacial score (nSPS) is 21.7. The maximum Gasteiger partial charge on any atom is 0.130 e. The first-order chi connectivity index (χ1) is 10.0. The Morgan fingerprint density at radius 1 is 1.48 bits per heavy atom. The molecule has 0 spiro atoms. The second-order valence-electron chi connectivity index (χ2n) is 5.91. The van der Waals surface area contributed by atoms with E-state index in [2.05, 4.69) is 29.3 Å². The molecule has 0 amide bonds. The van der Waals surface area contributed by atoms with E-state index in [9.17, 15) is 0 Å². The smallest absolute Gasteiger partial charge is 0.130 e. The van der Waals surface area contributed by atoms with E-state index < -0.39 is 0 Å². The highest BCUT2D eigenvalue weighted by atomic mass is 35.5. The number of nitrogens with one attached hydrogen (secondary N) is 1. The Kier molecular flexibility index (Phi) is 6.05. The fourth-order valence-electron chi connectivity index (χ4n) is 2.84. The van der Waals surface area contributed by atoms with Crippen molar-refractivity contribution in [3.63, 3.8) is 0 Å². The van der Waals surface area contributed by atoms with Crippen LogP contribution in [-0.2, 0) is 18.2 Å². The maximum absolute atomic E-state index is 6.38. The van der Waals surface area contributed by atoms with Gasteiger partial charge in [-0.2, -0.15) is 5.10 Å². The van der Waals surface area contributed by atoms with Gasteiger partial charge in [0.05, 0.1) is 18.4 Å². The van der Waals surface area contributed by atoms with E-state index in [1.807, 2.05) is 14.0 Å². The van der Waals surface area contributed by atoms with Crippen LogP contribution in [0.5, 0.6) is 0 Å². The van der Waals surface area contributed by atoms with E-state index in [0.717, 1.165) is 55.5 Å². The van der Waals surface area contributed by atoms with Crippen molar-refractivity contribution in [1.82, 2.24) is 20.0 Å². The monoisotopic (exact) mass is 314 g/mol. The predicted molar refractivity (Wildman–Crippen MR) is 86.0 cm³/mol. The number of aromatic nitrogens is 2. The number of likely N-dealkylation sites (N-methyl/N-ethyl adjacent to an activating group) is 1. The lowest BCUT2D eigenvalue weighted by molar-refractivity contribution is -0.0383. The topological polar surface area (TPSA) is 42.3 Å². The number of rotatable bonds is 6. The van der Waals surface area contributed by atoms with Gasteiger partial charge in [-0.15, -0.1) is 0 Å². The van der Waals surface area contributed by atoms with Gasteiger partial charge in [-0.25, -0.2) is 0 Å². The van der Waals surface area contributed by atoms with Crippen molar-refractivity contribution in [1.29, 1.82) is 0 Å². The summed E-state index contributed by atoms with van der Waals surface area (Å²) in [4.78, 5) is 2.33. The molecule has 0 aromatic carbocycles. The van der Waals surface area contributed by atoms with E-state index in [-0.39, 0.29) is 12.1 Å². The van der Waals surface area contributed by atoms with Crippen LogP contribution in [0.1, 0.15) is 24.6 Å². The Morgan fingerprint density at radius 3 is 2.81 bits per heavy atom. The predicted octanol–water partition coefficient (Wildman–Crippen LogP) is 1.62. The van der Waals surface area contributed by atoms with Crippen LogP contribution in [0, 0.1) is 6.92 Å². The Bertz CT molecular complexity index is 463. The lowest BCUT2D eigenvalue weighted by Crippen LogP contribution is -2.52. The van der Waals surface area contributed by atoms with Crippen LogP contribution in [0.4, 0.5) is 0 Å². The zero-order valence-corrected chi connectivity index (χ0v) is 14.3. The van der Waals surface area contributed by atoms with Gasteiger partial charge in [-0.3, -0.25) is 4.68 Å². The standard InChI is InChI=1S/C15H27ClN4O/c1-5-6-17-13(14-10-19(3)7-8-21-14)9-12-11(2)18-20(4)15(12)16/h13-14,17H,5-10H2,1-4H3. The minimum absolute atomic E-state index is 0.200. The summed E-state index contributed by atoms with van der Waals surface area (Å²) in [5, 5.41) is 8.77. The quantitative estimate of drug-likeness (QED) is 0.866. The number of halogens is 1. The molecule has 0 bridgehead atoms. The Hall–Kier alpha value is -0.620. The lowest BCUT2D eigenvalue weighted by Gasteiger charge is -2.35. The Labute approximate surface area is 132 Å². The molecule has 0 saturated carbocycles. The minimum Gasteiger partial charge on any atom is -0.374 e. The van der Waals surface area contributed by atoms with E-state index in [4.69, 9.17) is 16.3 Å². The lowest BCUT2D eigenvalue weighted by atomic mass is 10.0. The van der Waals surface area contributed by atoms with E-state index in [0.29, 0.717) is 0 Å². The van der Waals surface area contributed by atoms with Crippen molar-refractivity contribution < 1.29 is 4.74 Å². The maximum atomic E-state index is 6.38. The largest absolute Gasteiger partial charge is 0.374 e. The zero-order chi connectivity index (χ0) is 15.4. The molecule has 21 heavy (non-hydrogen) atoms. The van der Waals surface area contributed by atoms with Crippen LogP contribution >= 0.6 is 11.6 Å². The zero-order valence-electron chi connectivity index (χ0n) is 13.5. The van der Waals surface area contributed by atoms with Crippen molar-refractivity contribution in [3.05, 3.63) is 16.4 Å². The van der Waals surface area contributed by atoms with Crippen molar-refractivity contribution in [2.75, 3.05) is 33.3 Å². The van der Waals surface area contributed by atoms with Crippen LogP contribution in [-0.4, -0.2) is 60.1 Å². The molecule has 1 fully saturated rings. The Balaban J connectivity index is 2.11. The summed E-state index contributed by atoms with van der Waals surface area (Å²) >= 11 is 6.38. The molecule has 1 aliphatic rings. The van der Waals surface area contributed by atoms with E-state index in [1.165, 1.54) is 0 Å². The van der Waals surface area contributed by atoms with Crippen molar-refractivity contribution in [2.24, 2.45) is 7.05 Å². The number of hydrogen-bond acceptors (Lipinski definition) is 4. The van der Waals surface area contributed by atoms with Gasteiger partial charge >= 0.3 is 0 Å². The molecule has 5 nitrogen and oxygen atoms in total. The minimum atomic E-state index is 0.200. The number of aryl methyl sites for hydroxylation is 2. The van der Waals surface area contributed by atoms with Crippen LogP contribution < -0.4 is 5.32 Å². The van der Waals surface area contributed by atoms with E-state index >= 15 is 0 Å². The first-order valence-electron chi connectivity index (χ1n) is 7.74. The van der Waals surface area contributed by atoms with Crippen molar-refractivity contribution in [3.8, 4) is 0 Å². The molecule has 1 saturated heterocycles. The highest BCUT2D eigenvalue weighted by Crippen LogP contribution is 2.22. The van der Waals surface area contributed by atoms with Gasteiger partial charge < -0.3 is 15.0 Å². The molecular formula is C15H27ClN4O. The molecule has 1 aromatic rings. The fraction of sp³-hybridized carbons (Fsp3) is 0.800. The van der Waals surface area contributed by atoms with Gasteiger partial charge in [0.1, 0.15) is 5.15 Å². The number of morpholine rings is 1. The first kappa shape index (κ1) is 16.7. The van der Waals surface area contributed by atoms with Gasteiger partial charge in [0.2, 0.25) is 0 Å². The SMILES string of the molecule is CCCNC(Cc1c(C)nn(C)c1Cl)C1CN(C)CCO1. The van der Waals surface area contributed by atoms with Gasteiger partial charge in [0.25, 0.3) is 0 Å². The second kappa shape index (κ2) is 7.58. The van der Waals surface area contributed by atoms with Gasteiger partial charge in [-0.1, -0.05) is 18.5 Å². The van der Waals surface area contributed by atoms with Crippen molar-refractivity contribution >= 4 is 11.6 Å². The molecule has 1 N–H and O–H groups in total. The summed E-state index contributed by atoms with van der Waals surface area (Å²) < 4.78 is 7.74. The molecule has 1 aromatic heterocycles. The first-order valence-corrected chi connectivity index (χ1v) is 8.12. The summed E-state index contributed by atoms with van der Waals surface area (Å²) in [5.74, 6) is 0. The molecular weight excluding hydrogens is 288 g/mol. The summed E-state index contributed by atoms with van der Waals surface area (Å²) in [5.41, 5.74) is 2.14. The highest BCUT2D eigenvalue weighted by Gasteiger charge is 2.28. The molecule has 1 aliphatic heterocycles. The Morgan fingerprint density at radius 2 is 2.24 bits per heavy atom. The summed E-state index contributed by atoms with van der Waals surface area (Å²) in [6.07, 6.45) is 2.17. The molecule has 0 aliphatic carbocycles. The van der Waals surface area contributed by atoms with Crippen molar-refractivity contribution in [2.45, 2.75) is 38.8 Å². The number of nitrogens with zero attached hydrogens (tertiary/aromatic N) is 3. The van der Waals surface area contributed by atoms with Crippen LogP contribution in [0.25, 0.3) is 0 Å². The van der Waals surface area contributed by atoms with Gasteiger partial charge in [0, 0.05) is 31.7 Å². The number of hydrogen-bond donors (Lipinski definition) is 1. The third-order valence-electron chi connectivity index (χ3n) is 4.10.